The lowest BCUT2D eigenvalue weighted by atomic mass is 9.87. The van der Waals surface area contributed by atoms with Crippen molar-refractivity contribution in [2.45, 2.75) is 45.1 Å². The van der Waals surface area contributed by atoms with E-state index in [1.165, 1.54) is 6.07 Å². The Morgan fingerprint density at radius 3 is 2.62 bits per heavy atom. The van der Waals surface area contributed by atoms with Crippen LogP contribution in [0.1, 0.15) is 44.2 Å². The molecule has 0 spiro atoms. The lowest BCUT2D eigenvalue weighted by Crippen LogP contribution is -2.44. The summed E-state index contributed by atoms with van der Waals surface area (Å²) in [5.74, 6) is -1.03. The van der Waals surface area contributed by atoms with Gasteiger partial charge in [0.1, 0.15) is 5.82 Å². The Morgan fingerprint density at radius 2 is 1.92 bits per heavy atom. The number of hydrogen-bond donors (Lipinski definition) is 1. The molecule has 6 heteroatoms. The average Bonchev–Trinajstić information content (AvgIpc) is 2.88. The standard InChI is InChI=1S/C18H24FNO4/c1-3-23-15(21)9-11-20-18(12-16(22)24-4-2)10-8-13-6-5-7-14(19)17(13)18/h5-7,20H,3-4,8-12H2,1-2H3. The van der Waals surface area contributed by atoms with Crippen LogP contribution in [0.15, 0.2) is 18.2 Å². The predicted molar refractivity (Wildman–Crippen MR) is 86.9 cm³/mol. The maximum Gasteiger partial charge on any atom is 0.308 e. The number of fused-ring (bicyclic) bond motifs is 1. The van der Waals surface area contributed by atoms with E-state index in [2.05, 4.69) is 5.32 Å². The molecule has 0 aromatic heterocycles. The van der Waals surface area contributed by atoms with Gasteiger partial charge in [0.2, 0.25) is 0 Å². The molecule has 1 aromatic rings. The number of halogens is 1. The van der Waals surface area contributed by atoms with E-state index in [0.717, 1.165) is 5.56 Å². The number of hydrogen-bond acceptors (Lipinski definition) is 5. The van der Waals surface area contributed by atoms with E-state index in [4.69, 9.17) is 9.47 Å². The number of rotatable bonds is 8. The number of nitrogens with one attached hydrogen (secondary N) is 1. The molecule has 1 aliphatic rings. The molecular formula is C18H24FNO4. The fourth-order valence-corrected chi connectivity index (χ4v) is 3.30. The minimum absolute atomic E-state index is 0.0393. The number of ether oxygens (including phenoxy) is 2. The quantitative estimate of drug-likeness (QED) is 0.738. The van der Waals surface area contributed by atoms with E-state index in [0.29, 0.717) is 31.6 Å². The van der Waals surface area contributed by atoms with Crippen molar-refractivity contribution >= 4 is 11.9 Å². The first-order chi connectivity index (χ1) is 11.5. The van der Waals surface area contributed by atoms with Crippen molar-refractivity contribution in [1.82, 2.24) is 5.32 Å². The molecule has 24 heavy (non-hydrogen) atoms. The van der Waals surface area contributed by atoms with Gasteiger partial charge in [0.15, 0.2) is 0 Å². The summed E-state index contributed by atoms with van der Waals surface area (Å²) in [6.45, 7) is 4.40. The summed E-state index contributed by atoms with van der Waals surface area (Å²) < 4.78 is 24.4. The molecule has 5 nitrogen and oxygen atoms in total. The molecule has 1 N–H and O–H groups in total. The molecule has 0 saturated heterocycles. The number of benzene rings is 1. The predicted octanol–water partition coefficient (Wildman–Crippen LogP) is 2.46. The van der Waals surface area contributed by atoms with Crippen molar-refractivity contribution in [2.75, 3.05) is 19.8 Å². The highest BCUT2D eigenvalue weighted by Gasteiger charge is 2.42. The van der Waals surface area contributed by atoms with Crippen LogP contribution < -0.4 is 5.32 Å². The number of aryl methyl sites for hydroxylation is 1. The normalized spacial score (nSPS) is 19.0. The maximum atomic E-state index is 14.4. The van der Waals surface area contributed by atoms with Gasteiger partial charge in [-0.3, -0.25) is 9.59 Å². The average molecular weight is 337 g/mol. The molecular weight excluding hydrogens is 313 g/mol. The van der Waals surface area contributed by atoms with E-state index in [9.17, 15) is 14.0 Å². The highest BCUT2D eigenvalue weighted by atomic mass is 19.1. The zero-order chi connectivity index (χ0) is 17.6. The second-order valence-electron chi connectivity index (χ2n) is 5.82. The van der Waals surface area contributed by atoms with Gasteiger partial charge in [-0.05, 0) is 38.3 Å². The van der Waals surface area contributed by atoms with Gasteiger partial charge >= 0.3 is 11.9 Å². The van der Waals surface area contributed by atoms with E-state index in [1.807, 2.05) is 6.07 Å². The highest BCUT2D eigenvalue weighted by Crippen LogP contribution is 2.41. The number of carbonyl (C=O) groups is 2. The maximum absolute atomic E-state index is 14.4. The summed E-state index contributed by atoms with van der Waals surface area (Å²) in [6, 6.07) is 4.95. The highest BCUT2D eigenvalue weighted by molar-refractivity contribution is 5.72. The Labute approximate surface area is 141 Å². The molecule has 0 radical (unpaired) electrons. The summed E-state index contributed by atoms with van der Waals surface area (Å²) in [5.41, 5.74) is 0.573. The molecule has 2 rings (SSSR count). The van der Waals surface area contributed by atoms with Crippen LogP contribution in [0.3, 0.4) is 0 Å². The third-order valence-electron chi connectivity index (χ3n) is 4.25. The van der Waals surface area contributed by atoms with Crippen LogP contribution in [0.25, 0.3) is 0 Å². The summed E-state index contributed by atoms with van der Waals surface area (Å²) in [5, 5.41) is 3.23. The second-order valence-corrected chi connectivity index (χ2v) is 5.82. The van der Waals surface area contributed by atoms with Gasteiger partial charge in [0.05, 0.1) is 31.6 Å². The van der Waals surface area contributed by atoms with E-state index >= 15 is 0 Å². The third-order valence-corrected chi connectivity index (χ3v) is 4.25. The minimum Gasteiger partial charge on any atom is -0.466 e. The van der Waals surface area contributed by atoms with Crippen LogP contribution >= 0.6 is 0 Å². The smallest absolute Gasteiger partial charge is 0.308 e. The SMILES string of the molecule is CCOC(=O)CCNC1(CC(=O)OCC)CCc2cccc(F)c21. The topological polar surface area (TPSA) is 64.6 Å². The summed E-state index contributed by atoms with van der Waals surface area (Å²) in [4.78, 5) is 23.6. The molecule has 0 amide bonds. The van der Waals surface area contributed by atoms with E-state index < -0.39 is 5.54 Å². The zero-order valence-electron chi connectivity index (χ0n) is 14.2. The second kappa shape index (κ2) is 8.24. The molecule has 132 valence electrons. The number of esters is 2. The van der Waals surface area contributed by atoms with Crippen LogP contribution in [0, 0.1) is 5.82 Å². The summed E-state index contributed by atoms with van der Waals surface area (Å²) in [7, 11) is 0. The first kappa shape index (κ1) is 18.4. The molecule has 1 unspecified atom stereocenters. The fraction of sp³-hybridized carbons (Fsp3) is 0.556. The fourth-order valence-electron chi connectivity index (χ4n) is 3.30. The zero-order valence-corrected chi connectivity index (χ0v) is 14.2. The Morgan fingerprint density at radius 1 is 1.21 bits per heavy atom. The first-order valence-electron chi connectivity index (χ1n) is 8.36. The van der Waals surface area contributed by atoms with Crippen LogP contribution in [0.2, 0.25) is 0 Å². The van der Waals surface area contributed by atoms with Crippen molar-refractivity contribution in [2.24, 2.45) is 0 Å². The van der Waals surface area contributed by atoms with Crippen molar-refractivity contribution < 1.29 is 23.5 Å². The molecule has 1 aliphatic carbocycles. The Bertz CT molecular complexity index is 605. The monoisotopic (exact) mass is 337 g/mol. The van der Waals surface area contributed by atoms with Gasteiger partial charge in [-0.25, -0.2) is 4.39 Å². The van der Waals surface area contributed by atoms with E-state index in [-0.39, 0.29) is 37.2 Å². The van der Waals surface area contributed by atoms with Crippen LogP contribution in [0.5, 0.6) is 0 Å². The molecule has 0 heterocycles. The van der Waals surface area contributed by atoms with Gasteiger partial charge in [-0.1, -0.05) is 12.1 Å². The lowest BCUT2D eigenvalue weighted by molar-refractivity contribution is -0.145. The lowest BCUT2D eigenvalue weighted by Gasteiger charge is -2.31. The largest absolute Gasteiger partial charge is 0.466 e. The molecule has 1 atom stereocenters. The Balaban J connectivity index is 2.19. The van der Waals surface area contributed by atoms with E-state index in [1.54, 1.807) is 19.9 Å². The third kappa shape index (κ3) is 4.12. The minimum atomic E-state index is -0.834. The van der Waals surface area contributed by atoms with Gasteiger partial charge in [0, 0.05) is 12.1 Å². The molecule has 0 saturated carbocycles. The van der Waals surface area contributed by atoms with Crippen molar-refractivity contribution in [1.29, 1.82) is 0 Å². The Kier molecular flexibility index (Phi) is 6.31. The van der Waals surface area contributed by atoms with Crippen molar-refractivity contribution in [3.8, 4) is 0 Å². The van der Waals surface area contributed by atoms with Crippen molar-refractivity contribution in [3.63, 3.8) is 0 Å². The molecule has 1 aromatic carbocycles. The molecule has 0 fully saturated rings. The first-order valence-corrected chi connectivity index (χ1v) is 8.36. The number of carbonyl (C=O) groups excluding carboxylic acids is 2. The van der Waals surface area contributed by atoms with Crippen molar-refractivity contribution in [3.05, 3.63) is 35.1 Å². The Hall–Kier alpha value is -1.95. The van der Waals surface area contributed by atoms with Gasteiger partial charge in [-0.2, -0.15) is 0 Å². The molecule has 0 bridgehead atoms. The van der Waals surface area contributed by atoms with Gasteiger partial charge in [-0.15, -0.1) is 0 Å². The molecule has 0 aliphatic heterocycles. The van der Waals surface area contributed by atoms with Gasteiger partial charge < -0.3 is 14.8 Å². The summed E-state index contributed by atoms with van der Waals surface area (Å²) >= 11 is 0. The van der Waals surface area contributed by atoms with Gasteiger partial charge in [0.25, 0.3) is 0 Å². The van der Waals surface area contributed by atoms with Crippen LogP contribution in [-0.4, -0.2) is 31.7 Å². The van der Waals surface area contributed by atoms with Crippen LogP contribution in [-0.2, 0) is 31.0 Å². The summed E-state index contributed by atoms with van der Waals surface area (Å²) in [6.07, 6.45) is 1.48. The van der Waals surface area contributed by atoms with Crippen LogP contribution in [0.4, 0.5) is 4.39 Å².